The maximum absolute atomic E-state index is 15.8. The predicted molar refractivity (Wildman–Crippen MR) is 208 cm³/mol. The van der Waals surface area contributed by atoms with Crippen LogP contribution in [0.3, 0.4) is 0 Å². The third-order valence-electron chi connectivity index (χ3n) is 11.8. The summed E-state index contributed by atoms with van der Waals surface area (Å²) in [7, 11) is 1.78. The molecule has 8 rings (SSSR count). The largest absolute Gasteiger partial charge is 0.453 e. The minimum atomic E-state index is -0.663. The van der Waals surface area contributed by atoms with Crippen LogP contribution in [0, 0.1) is 29.9 Å². The molecule has 3 fully saturated rings. The molecule has 0 spiro atoms. The van der Waals surface area contributed by atoms with Crippen molar-refractivity contribution in [1.29, 1.82) is 5.26 Å². The number of nitriles is 1. The zero-order chi connectivity index (χ0) is 39.8. The Kier molecular flexibility index (Phi) is 10.7. The number of amides is 3. The molecule has 1 N–H and O–H groups in total. The first-order chi connectivity index (χ1) is 27.6. The second-order valence-corrected chi connectivity index (χ2v) is 15.3. The number of nitrogens with one attached hydrogen (secondary N) is 1. The zero-order valence-corrected chi connectivity index (χ0v) is 32.0. The van der Waals surface area contributed by atoms with Crippen molar-refractivity contribution in [3.8, 4) is 17.6 Å². The van der Waals surface area contributed by atoms with E-state index in [-0.39, 0.29) is 59.3 Å². The number of hydrogen-bond donors (Lipinski definition) is 1. The van der Waals surface area contributed by atoms with Crippen molar-refractivity contribution in [3.05, 3.63) is 87.5 Å². The Morgan fingerprint density at radius 3 is 2.49 bits per heavy atom. The third kappa shape index (κ3) is 7.59. The van der Waals surface area contributed by atoms with E-state index in [1.165, 1.54) is 23.1 Å². The Hall–Kier alpha value is -5.72. The number of halogens is 2. The maximum Gasteiger partial charge on any atom is 0.329 e. The lowest BCUT2D eigenvalue weighted by Crippen LogP contribution is -2.49. The fourth-order valence-electron chi connectivity index (χ4n) is 8.59. The lowest BCUT2D eigenvalue weighted by molar-refractivity contribution is -0.120. The Bertz CT molecular complexity index is 2460. The SMILES string of the molecule is Cc1ccc(F)c(Oc2ccc3ncn([C@@H]4CCCCC(N5CCC(c6cc7c(cc6F)c(N6CCC(=O)NC6=O)nn7C)CC5)CCOC4)c(=O)c3c2)c1C#N. The molecule has 0 radical (unpaired) electrons. The van der Waals surface area contributed by atoms with E-state index >= 15 is 4.39 Å². The number of piperidine rings is 1. The molecule has 57 heavy (non-hydrogen) atoms. The number of benzene rings is 3. The minimum Gasteiger partial charge on any atom is -0.453 e. The van der Waals surface area contributed by atoms with Crippen molar-refractivity contribution < 1.29 is 27.8 Å². The van der Waals surface area contributed by atoms with Crippen LogP contribution in [0.4, 0.5) is 19.4 Å². The second kappa shape index (κ2) is 16.0. The Morgan fingerprint density at radius 1 is 0.930 bits per heavy atom. The molecule has 0 aliphatic carbocycles. The molecule has 5 aromatic rings. The van der Waals surface area contributed by atoms with E-state index in [1.54, 1.807) is 47.7 Å². The minimum absolute atomic E-state index is 0.0479. The van der Waals surface area contributed by atoms with Crippen LogP contribution in [0.5, 0.6) is 11.5 Å². The van der Waals surface area contributed by atoms with Crippen molar-refractivity contribution in [2.45, 2.75) is 76.3 Å². The number of fused-ring (bicyclic) bond motifs is 2. The number of nitrogens with zero attached hydrogens (tertiary/aromatic N) is 7. The molecular formula is C42H44F2N8O5. The van der Waals surface area contributed by atoms with E-state index in [0.29, 0.717) is 52.5 Å². The molecule has 3 aliphatic heterocycles. The molecule has 13 nitrogen and oxygen atoms in total. The number of ether oxygens (including phenoxy) is 2. The number of anilines is 1. The molecule has 15 heteroatoms. The number of aryl methyl sites for hydroxylation is 2. The number of rotatable bonds is 6. The fraction of sp³-hybridized carbons (Fsp3) is 0.429. The van der Waals surface area contributed by atoms with E-state index in [2.05, 4.69) is 20.3 Å². The van der Waals surface area contributed by atoms with Gasteiger partial charge in [-0.15, -0.1) is 0 Å². The molecule has 0 bridgehead atoms. The van der Waals surface area contributed by atoms with E-state index in [1.807, 2.05) is 12.1 Å². The average Bonchev–Trinajstić information content (AvgIpc) is 3.52. The van der Waals surface area contributed by atoms with Crippen LogP contribution >= 0.6 is 0 Å². The van der Waals surface area contributed by atoms with Crippen LogP contribution in [0.1, 0.15) is 80.0 Å². The van der Waals surface area contributed by atoms with Crippen LogP contribution in [-0.2, 0) is 16.6 Å². The summed E-state index contributed by atoms with van der Waals surface area (Å²) in [5.74, 6) is -0.866. The molecule has 3 amide bonds. The standard InChI is InChI=1S/C42H44F2N8O5/c1-25-7-9-34(43)39(33(25)22-45)57-29-8-10-36-31(19-29)41(54)52(24-46-36)28-6-4-3-5-27(14-18-56-23-28)50-15-11-26(12-16-50)30-21-37-32(20-35(30)44)40(48-49(37)2)51-17-13-38(53)47-42(51)55/h7-10,19-21,24,26-28H,3-6,11-18,23H2,1-2H3,(H,47,53,55)/t27?,28-/m1/s1. The maximum atomic E-state index is 15.8. The molecule has 3 saturated heterocycles. The van der Waals surface area contributed by atoms with Gasteiger partial charge in [0.05, 0.1) is 35.4 Å². The summed E-state index contributed by atoms with van der Waals surface area (Å²) in [6.45, 7) is 4.47. The number of urea groups is 1. The quantitative estimate of drug-likeness (QED) is 0.198. The molecular weight excluding hydrogens is 735 g/mol. The number of carbonyl (C=O) groups excluding carboxylic acids is 2. The molecule has 3 aliphatic rings. The summed E-state index contributed by atoms with van der Waals surface area (Å²) in [5.41, 5.74) is 2.32. The van der Waals surface area contributed by atoms with Gasteiger partial charge in [0.1, 0.15) is 23.2 Å². The highest BCUT2D eigenvalue weighted by molar-refractivity contribution is 6.08. The van der Waals surface area contributed by atoms with E-state index < -0.39 is 11.8 Å². The number of aromatic nitrogens is 4. The van der Waals surface area contributed by atoms with Crippen molar-refractivity contribution >= 4 is 39.6 Å². The van der Waals surface area contributed by atoms with Crippen molar-refractivity contribution in [3.63, 3.8) is 0 Å². The first kappa shape index (κ1) is 38.2. The molecule has 1 unspecified atom stereocenters. The number of imide groups is 1. The number of likely N-dealkylation sites (tertiary alicyclic amines) is 1. The zero-order valence-electron chi connectivity index (χ0n) is 32.0. The second-order valence-electron chi connectivity index (χ2n) is 15.3. The van der Waals surface area contributed by atoms with E-state index in [9.17, 15) is 24.0 Å². The van der Waals surface area contributed by atoms with Gasteiger partial charge in [-0.2, -0.15) is 10.4 Å². The van der Waals surface area contributed by atoms with Gasteiger partial charge in [-0.25, -0.2) is 18.6 Å². The summed E-state index contributed by atoms with van der Waals surface area (Å²) >= 11 is 0. The Balaban J connectivity index is 0.893. The topological polar surface area (TPSA) is 148 Å². The Labute approximate surface area is 327 Å². The van der Waals surface area contributed by atoms with Crippen LogP contribution in [0.15, 0.2) is 53.6 Å². The monoisotopic (exact) mass is 778 g/mol. The Morgan fingerprint density at radius 2 is 1.72 bits per heavy atom. The normalized spacial score (nSPS) is 20.4. The summed E-state index contributed by atoms with van der Waals surface area (Å²) < 4.78 is 45.8. The first-order valence-electron chi connectivity index (χ1n) is 19.6. The van der Waals surface area contributed by atoms with Crippen molar-refractivity contribution in [2.24, 2.45) is 7.05 Å². The fourth-order valence-corrected chi connectivity index (χ4v) is 8.59. The summed E-state index contributed by atoms with van der Waals surface area (Å²) in [5, 5.41) is 17.3. The van der Waals surface area contributed by atoms with Gasteiger partial charge in [0, 0.05) is 38.0 Å². The van der Waals surface area contributed by atoms with Gasteiger partial charge in [0.15, 0.2) is 17.4 Å². The molecule has 2 aromatic heterocycles. The molecule has 3 aromatic carbocycles. The van der Waals surface area contributed by atoms with Crippen LogP contribution in [0.25, 0.3) is 21.8 Å². The lowest BCUT2D eigenvalue weighted by Gasteiger charge is -2.38. The number of carbonyl (C=O) groups is 2. The van der Waals surface area contributed by atoms with E-state index in [0.717, 1.165) is 63.6 Å². The molecule has 2 atom stereocenters. The van der Waals surface area contributed by atoms with Crippen LogP contribution < -0.4 is 20.5 Å². The van der Waals surface area contributed by atoms with Crippen LogP contribution in [-0.4, -0.2) is 75.1 Å². The third-order valence-corrected chi connectivity index (χ3v) is 11.8. The van der Waals surface area contributed by atoms with Gasteiger partial charge < -0.3 is 14.4 Å². The van der Waals surface area contributed by atoms with Gasteiger partial charge in [-0.3, -0.25) is 29.1 Å². The number of hydrogen-bond acceptors (Lipinski definition) is 9. The molecule has 0 saturated carbocycles. The van der Waals surface area contributed by atoms with Gasteiger partial charge in [0.25, 0.3) is 5.56 Å². The van der Waals surface area contributed by atoms with Gasteiger partial charge in [-0.05, 0) is 106 Å². The summed E-state index contributed by atoms with van der Waals surface area (Å²) in [6.07, 6.45) is 7.79. The highest BCUT2D eigenvalue weighted by Gasteiger charge is 2.31. The van der Waals surface area contributed by atoms with Crippen molar-refractivity contribution in [2.75, 3.05) is 37.7 Å². The average molecular weight is 779 g/mol. The van der Waals surface area contributed by atoms with Crippen molar-refractivity contribution in [1.82, 2.24) is 29.5 Å². The smallest absolute Gasteiger partial charge is 0.329 e. The highest BCUT2D eigenvalue weighted by atomic mass is 19.1. The summed E-state index contributed by atoms with van der Waals surface area (Å²) in [4.78, 5) is 46.5. The van der Waals surface area contributed by atoms with Crippen LogP contribution in [0.2, 0.25) is 0 Å². The lowest BCUT2D eigenvalue weighted by atomic mass is 9.87. The molecule has 5 heterocycles. The molecule has 296 valence electrons. The summed E-state index contributed by atoms with van der Waals surface area (Å²) in [6, 6.07) is 12.5. The highest BCUT2D eigenvalue weighted by Crippen LogP contribution is 2.37. The van der Waals surface area contributed by atoms with E-state index in [4.69, 9.17) is 9.47 Å². The first-order valence-corrected chi connectivity index (χ1v) is 19.6. The predicted octanol–water partition coefficient (Wildman–Crippen LogP) is 6.75. The van der Waals surface area contributed by atoms with Gasteiger partial charge in [-0.1, -0.05) is 18.9 Å². The van der Waals surface area contributed by atoms with Gasteiger partial charge >= 0.3 is 6.03 Å². The van der Waals surface area contributed by atoms with Gasteiger partial charge in [0.2, 0.25) is 5.91 Å².